The van der Waals surface area contributed by atoms with E-state index >= 15 is 0 Å². The molecule has 1 aromatic heterocycles. The Hall–Kier alpha value is -1.37. The van der Waals surface area contributed by atoms with Crippen molar-refractivity contribution in [2.45, 2.75) is 6.04 Å². The normalized spacial score (nSPS) is 12.1. The molecule has 0 unspecified atom stereocenters. The van der Waals surface area contributed by atoms with Crippen molar-refractivity contribution in [1.82, 2.24) is 4.98 Å². The second-order valence-corrected chi connectivity index (χ2v) is 2.46. The molecule has 0 aliphatic heterocycles. The molecular formula is C9H11N3. The van der Waals surface area contributed by atoms with Crippen molar-refractivity contribution < 1.29 is 0 Å². The largest absolute Gasteiger partial charge is 0.329 e. The van der Waals surface area contributed by atoms with Crippen molar-refractivity contribution in [3.05, 3.63) is 29.6 Å². The smallest absolute Gasteiger partial charge is 0.112 e. The zero-order valence-electron chi connectivity index (χ0n) is 6.70. The predicted molar refractivity (Wildman–Crippen MR) is 48.2 cm³/mol. The minimum Gasteiger partial charge on any atom is -0.329 e. The summed E-state index contributed by atoms with van der Waals surface area (Å²) in [6, 6.07) is 3.45. The van der Waals surface area contributed by atoms with Gasteiger partial charge in [0.15, 0.2) is 0 Å². The molecule has 0 amide bonds. The van der Waals surface area contributed by atoms with Crippen LogP contribution in [-0.4, -0.2) is 11.5 Å². The standard InChI is InChI=1S/C9H11N3/c1-2-8-4-3-7(6-12-8)9(11)5-10/h1,3-4,6,9H,5,10-11H2/t9-/m0/s1. The van der Waals surface area contributed by atoms with E-state index < -0.39 is 0 Å². The van der Waals surface area contributed by atoms with Crippen LogP contribution in [0.25, 0.3) is 0 Å². The lowest BCUT2D eigenvalue weighted by molar-refractivity contribution is 0.733. The first kappa shape index (κ1) is 8.72. The third kappa shape index (κ3) is 1.82. The lowest BCUT2D eigenvalue weighted by atomic mass is 10.1. The number of rotatable bonds is 2. The minimum absolute atomic E-state index is 0.149. The van der Waals surface area contributed by atoms with Crippen molar-refractivity contribution in [1.29, 1.82) is 0 Å². The molecule has 0 radical (unpaired) electrons. The number of aromatic nitrogens is 1. The maximum Gasteiger partial charge on any atom is 0.112 e. The lowest BCUT2D eigenvalue weighted by Gasteiger charge is -2.07. The molecule has 0 bridgehead atoms. The van der Waals surface area contributed by atoms with Crippen LogP contribution >= 0.6 is 0 Å². The Morgan fingerprint density at radius 2 is 2.33 bits per heavy atom. The highest BCUT2D eigenvalue weighted by Gasteiger charge is 2.02. The van der Waals surface area contributed by atoms with E-state index in [-0.39, 0.29) is 6.04 Å². The van der Waals surface area contributed by atoms with Gasteiger partial charge in [0, 0.05) is 18.8 Å². The molecule has 3 nitrogen and oxygen atoms in total. The van der Waals surface area contributed by atoms with Crippen LogP contribution in [0.3, 0.4) is 0 Å². The Morgan fingerprint density at radius 3 is 2.75 bits per heavy atom. The fraction of sp³-hybridized carbons (Fsp3) is 0.222. The third-order valence-corrected chi connectivity index (χ3v) is 1.62. The van der Waals surface area contributed by atoms with Crippen LogP contribution in [-0.2, 0) is 0 Å². The molecule has 1 atom stereocenters. The second-order valence-electron chi connectivity index (χ2n) is 2.46. The summed E-state index contributed by atoms with van der Waals surface area (Å²) in [6.07, 6.45) is 6.80. The van der Waals surface area contributed by atoms with E-state index in [1.165, 1.54) is 0 Å². The molecule has 0 spiro atoms. The Balaban J connectivity index is 2.86. The molecule has 0 fully saturated rings. The summed E-state index contributed by atoms with van der Waals surface area (Å²) in [7, 11) is 0. The van der Waals surface area contributed by atoms with Gasteiger partial charge in [-0.15, -0.1) is 6.42 Å². The van der Waals surface area contributed by atoms with Crippen LogP contribution in [0.5, 0.6) is 0 Å². The highest BCUT2D eigenvalue weighted by Crippen LogP contribution is 2.06. The zero-order valence-corrected chi connectivity index (χ0v) is 6.70. The minimum atomic E-state index is -0.149. The van der Waals surface area contributed by atoms with Gasteiger partial charge in [-0.1, -0.05) is 12.0 Å². The summed E-state index contributed by atoms with van der Waals surface area (Å²) in [5, 5.41) is 0. The first-order valence-electron chi connectivity index (χ1n) is 3.66. The highest BCUT2D eigenvalue weighted by molar-refractivity contribution is 5.27. The van der Waals surface area contributed by atoms with Crippen molar-refractivity contribution in [3.8, 4) is 12.3 Å². The van der Waals surface area contributed by atoms with Gasteiger partial charge < -0.3 is 11.5 Å². The lowest BCUT2D eigenvalue weighted by Crippen LogP contribution is -2.20. The van der Waals surface area contributed by atoms with Crippen LogP contribution in [0.1, 0.15) is 17.3 Å². The molecule has 3 heteroatoms. The van der Waals surface area contributed by atoms with Gasteiger partial charge >= 0.3 is 0 Å². The Bertz CT molecular complexity index is 284. The first-order valence-corrected chi connectivity index (χ1v) is 3.66. The van der Waals surface area contributed by atoms with E-state index in [2.05, 4.69) is 10.9 Å². The molecule has 62 valence electrons. The number of hydrogen-bond acceptors (Lipinski definition) is 3. The van der Waals surface area contributed by atoms with Crippen molar-refractivity contribution in [2.75, 3.05) is 6.54 Å². The van der Waals surface area contributed by atoms with Crippen LogP contribution in [0, 0.1) is 12.3 Å². The second kappa shape index (κ2) is 3.86. The fourth-order valence-electron chi connectivity index (χ4n) is 0.846. The summed E-state index contributed by atoms with van der Waals surface area (Å²) in [6.45, 7) is 0.414. The number of terminal acetylenes is 1. The summed E-state index contributed by atoms with van der Waals surface area (Å²) in [5.41, 5.74) is 12.6. The molecule has 0 aliphatic carbocycles. The SMILES string of the molecule is C#Cc1ccc([C@@H](N)CN)cn1. The number of pyridine rings is 1. The molecule has 0 saturated heterocycles. The number of nitrogens with zero attached hydrogens (tertiary/aromatic N) is 1. The van der Waals surface area contributed by atoms with Crippen molar-refractivity contribution in [3.63, 3.8) is 0 Å². The monoisotopic (exact) mass is 161 g/mol. The van der Waals surface area contributed by atoms with E-state index in [1.54, 1.807) is 12.3 Å². The zero-order chi connectivity index (χ0) is 8.97. The van der Waals surface area contributed by atoms with Gasteiger partial charge in [-0.05, 0) is 11.6 Å². The molecule has 1 rings (SSSR count). The maximum absolute atomic E-state index is 5.67. The first-order chi connectivity index (χ1) is 5.77. The Kier molecular flexibility index (Phi) is 2.81. The molecular weight excluding hydrogens is 150 g/mol. The van der Waals surface area contributed by atoms with Gasteiger partial charge in [-0.25, -0.2) is 4.98 Å². The molecule has 12 heavy (non-hydrogen) atoms. The summed E-state index contributed by atoms with van der Waals surface area (Å²) >= 11 is 0. The molecule has 0 aliphatic rings. The average molecular weight is 161 g/mol. The average Bonchev–Trinajstić information content (AvgIpc) is 2.17. The van der Waals surface area contributed by atoms with Crippen molar-refractivity contribution in [2.24, 2.45) is 11.5 Å². The Morgan fingerprint density at radius 1 is 1.58 bits per heavy atom. The van der Waals surface area contributed by atoms with Crippen LogP contribution < -0.4 is 11.5 Å². The number of hydrogen-bond donors (Lipinski definition) is 2. The van der Waals surface area contributed by atoms with E-state index in [0.29, 0.717) is 12.2 Å². The highest BCUT2D eigenvalue weighted by atomic mass is 14.7. The maximum atomic E-state index is 5.67. The van der Waals surface area contributed by atoms with Gasteiger partial charge in [0.2, 0.25) is 0 Å². The molecule has 0 saturated carbocycles. The van der Waals surface area contributed by atoms with E-state index in [4.69, 9.17) is 17.9 Å². The predicted octanol–water partition coefficient (Wildman–Crippen LogP) is 0.0214. The van der Waals surface area contributed by atoms with Gasteiger partial charge in [0.05, 0.1) is 0 Å². The van der Waals surface area contributed by atoms with E-state index in [9.17, 15) is 0 Å². The topological polar surface area (TPSA) is 64.9 Å². The van der Waals surface area contributed by atoms with Crippen molar-refractivity contribution >= 4 is 0 Å². The van der Waals surface area contributed by atoms with Gasteiger partial charge in [0.25, 0.3) is 0 Å². The summed E-state index contributed by atoms with van der Waals surface area (Å²) in [5.74, 6) is 2.43. The van der Waals surface area contributed by atoms with E-state index in [0.717, 1.165) is 5.56 Å². The molecule has 0 aromatic carbocycles. The molecule has 1 heterocycles. The summed E-state index contributed by atoms with van der Waals surface area (Å²) in [4.78, 5) is 3.99. The third-order valence-electron chi connectivity index (χ3n) is 1.62. The van der Waals surface area contributed by atoms with Crippen LogP contribution in [0.2, 0.25) is 0 Å². The summed E-state index contributed by atoms with van der Waals surface area (Å²) < 4.78 is 0. The van der Waals surface area contributed by atoms with E-state index in [1.807, 2.05) is 6.07 Å². The molecule has 1 aromatic rings. The van der Waals surface area contributed by atoms with Crippen LogP contribution in [0.4, 0.5) is 0 Å². The molecule has 4 N–H and O–H groups in total. The van der Waals surface area contributed by atoms with Crippen LogP contribution in [0.15, 0.2) is 18.3 Å². The fourth-order valence-corrected chi connectivity index (χ4v) is 0.846. The van der Waals surface area contributed by atoms with Gasteiger partial charge in [-0.3, -0.25) is 0 Å². The number of nitrogens with two attached hydrogens (primary N) is 2. The van der Waals surface area contributed by atoms with Gasteiger partial charge in [-0.2, -0.15) is 0 Å². The quantitative estimate of drug-likeness (QED) is 0.601. The van der Waals surface area contributed by atoms with Gasteiger partial charge in [0.1, 0.15) is 5.69 Å². The Labute approximate surface area is 71.8 Å².